The predicted octanol–water partition coefficient (Wildman–Crippen LogP) is 2.37. The Bertz CT molecular complexity index is 573. The largest absolute Gasteiger partial charge is 0.397 e. The van der Waals surface area contributed by atoms with Crippen LogP contribution in [0.25, 0.3) is 0 Å². The van der Waals surface area contributed by atoms with Crippen LogP contribution in [0.5, 0.6) is 0 Å². The standard InChI is InChI=1S/C15H18N2O/c1-12-10-15(18)17(11-14(12)16)9-5-8-13-6-3-2-4-7-13/h2-4,6-7,10-11H,5,8-9,16H2,1H3. The fourth-order valence-electron chi connectivity index (χ4n) is 1.96. The summed E-state index contributed by atoms with van der Waals surface area (Å²) in [7, 11) is 0. The second-order valence-electron chi connectivity index (χ2n) is 4.53. The van der Waals surface area contributed by atoms with Gasteiger partial charge in [0, 0.05) is 18.8 Å². The first-order valence-corrected chi connectivity index (χ1v) is 6.17. The Morgan fingerprint density at radius 3 is 2.67 bits per heavy atom. The third-order valence-electron chi connectivity index (χ3n) is 3.08. The van der Waals surface area contributed by atoms with Gasteiger partial charge in [-0.05, 0) is 30.9 Å². The minimum absolute atomic E-state index is 0.0229. The maximum atomic E-state index is 11.7. The van der Waals surface area contributed by atoms with Crippen LogP contribution in [0.2, 0.25) is 0 Å². The summed E-state index contributed by atoms with van der Waals surface area (Å²) in [5.41, 5.74) is 8.65. The average Bonchev–Trinajstić information content (AvgIpc) is 2.37. The summed E-state index contributed by atoms with van der Waals surface area (Å²) in [5.74, 6) is 0. The molecule has 0 fully saturated rings. The molecule has 2 rings (SSSR count). The van der Waals surface area contributed by atoms with Crippen LogP contribution in [0, 0.1) is 6.92 Å². The highest BCUT2D eigenvalue weighted by Crippen LogP contribution is 2.07. The molecule has 0 spiro atoms. The summed E-state index contributed by atoms with van der Waals surface area (Å²) in [4.78, 5) is 11.7. The van der Waals surface area contributed by atoms with E-state index in [9.17, 15) is 4.79 Å². The highest BCUT2D eigenvalue weighted by atomic mass is 16.1. The van der Waals surface area contributed by atoms with Gasteiger partial charge in [-0.3, -0.25) is 4.79 Å². The first kappa shape index (κ1) is 12.4. The number of rotatable bonds is 4. The molecule has 0 saturated carbocycles. The van der Waals surface area contributed by atoms with Crippen molar-refractivity contribution in [2.75, 3.05) is 5.73 Å². The third kappa shape index (κ3) is 3.00. The third-order valence-corrected chi connectivity index (χ3v) is 3.08. The van der Waals surface area contributed by atoms with Crippen molar-refractivity contribution in [1.29, 1.82) is 0 Å². The van der Waals surface area contributed by atoms with E-state index in [0.29, 0.717) is 12.2 Å². The molecule has 3 heteroatoms. The van der Waals surface area contributed by atoms with E-state index in [1.54, 1.807) is 16.8 Å². The van der Waals surface area contributed by atoms with Gasteiger partial charge in [-0.25, -0.2) is 0 Å². The van der Waals surface area contributed by atoms with Gasteiger partial charge in [0.2, 0.25) is 0 Å². The molecule has 1 aromatic heterocycles. The molecule has 3 nitrogen and oxygen atoms in total. The van der Waals surface area contributed by atoms with Crippen LogP contribution in [-0.4, -0.2) is 4.57 Å². The fourth-order valence-corrected chi connectivity index (χ4v) is 1.96. The van der Waals surface area contributed by atoms with Crippen molar-refractivity contribution in [3.63, 3.8) is 0 Å². The molecular formula is C15H18N2O. The molecule has 2 aromatic rings. The quantitative estimate of drug-likeness (QED) is 0.894. The minimum Gasteiger partial charge on any atom is -0.397 e. The molecule has 0 unspecified atom stereocenters. The van der Waals surface area contributed by atoms with Gasteiger partial charge in [-0.2, -0.15) is 0 Å². The Morgan fingerprint density at radius 2 is 1.94 bits per heavy atom. The van der Waals surface area contributed by atoms with E-state index in [2.05, 4.69) is 12.1 Å². The summed E-state index contributed by atoms with van der Waals surface area (Å²) in [5, 5.41) is 0. The maximum Gasteiger partial charge on any atom is 0.250 e. The van der Waals surface area contributed by atoms with E-state index < -0.39 is 0 Å². The SMILES string of the molecule is Cc1cc(=O)n(CCCc2ccccc2)cc1N. The summed E-state index contributed by atoms with van der Waals surface area (Å²) in [6.07, 6.45) is 3.65. The van der Waals surface area contributed by atoms with Crippen molar-refractivity contribution < 1.29 is 0 Å². The van der Waals surface area contributed by atoms with Crippen LogP contribution in [0.15, 0.2) is 47.4 Å². The zero-order chi connectivity index (χ0) is 13.0. The monoisotopic (exact) mass is 242 g/mol. The number of anilines is 1. The van der Waals surface area contributed by atoms with E-state index >= 15 is 0 Å². The minimum atomic E-state index is 0.0229. The highest BCUT2D eigenvalue weighted by molar-refractivity contribution is 5.42. The Kier molecular flexibility index (Phi) is 3.82. The molecule has 1 heterocycles. The van der Waals surface area contributed by atoms with Crippen molar-refractivity contribution in [1.82, 2.24) is 4.57 Å². The lowest BCUT2D eigenvalue weighted by Gasteiger charge is -2.08. The number of aryl methyl sites for hydroxylation is 3. The van der Waals surface area contributed by atoms with Gasteiger partial charge in [0.1, 0.15) is 0 Å². The normalized spacial score (nSPS) is 10.5. The summed E-state index contributed by atoms with van der Waals surface area (Å²) >= 11 is 0. The summed E-state index contributed by atoms with van der Waals surface area (Å²) < 4.78 is 1.69. The number of nitrogen functional groups attached to an aromatic ring is 1. The van der Waals surface area contributed by atoms with Gasteiger partial charge in [0.05, 0.1) is 5.69 Å². The molecule has 1 aromatic carbocycles. The van der Waals surface area contributed by atoms with E-state index in [1.807, 2.05) is 25.1 Å². The maximum absolute atomic E-state index is 11.7. The lowest BCUT2D eigenvalue weighted by molar-refractivity contribution is 0.622. The molecule has 0 saturated heterocycles. The van der Waals surface area contributed by atoms with Crippen molar-refractivity contribution in [3.8, 4) is 0 Å². The van der Waals surface area contributed by atoms with Crippen molar-refractivity contribution in [3.05, 3.63) is 64.1 Å². The predicted molar refractivity (Wildman–Crippen MR) is 74.6 cm³/mol. The lowest BCUT2D eigenvalue weighted by Crippen LogP contribution is -2.20. The number of hydrogen-bond acceptors (Lipinski definition) is 2. The number of nitrogens with two attached hydrogens (primary N) is 1. The van der Waals surface area contributed by atoms with Crippen molar-refractivity contribution in [2.45, 2.75) is 26.3 Å². The first-order chi connectivity index (χ1) is 8.66. The van der Waals surface area contributed by atoms with Crippen LogP contribution >= 0.6 is 0 Å². The van der Waals surface area contributed by atoms with E-state index in [-0.39, 0.29) is 5.56 Å². The second kappa shape index (κ2) is 5.54. The average molecular weight is 242 g/mol. The van der Waals surface area contributed by atoms with Crippen LogP contribution in [0.1, 0.15) is 17.5 Å². The molecule has 0 aliphatic carbocycles. The molecule has 18 heavy (non-hydrogen) atoms. The fraction of sp³-hybridized carbons (Fsp3) is 0.267. The zero-order valence-corrected chi connectivity index (χ0v) is 10.6. The first-order valence-electron chi connectivity index (χ1n) is 6.17. The summed E-state index contributed by atoms with van der Waals surface area (Å²) in [6, 6.07) is 11.9. The van der Waals surface area contributed by atoms with Crippen molar-refractivity contribution in [2.24, 2.45) is 0 Å². The number of benzene rings is 1. The Labute approximate surface area is 107 Å². The molecule has 0 atom stereocenters. The van der Waals surface area contributed by atoms with Gasteiger partial charge in [-0.1, -0.05) is 30.3 Å². The van der Waals surface area contributed by atoms with Crippen LogP contribution in [0.3, 0.4) is 0 Å². The van der Waals surface area contributed by atoms with Crippen LogP contribution in [-0.2, 0) is 13.0 Å². The molecule has 0 amide bonds. The molecule has 2 N–H and O–H groups in total. The smallest absolute Gasteiger partial charge is 0.250 e. The number of nitrogens with zero attached hydrogens (tertiary/aromatic N) is 1. The van der Waals surface area contributed by atoms with Gasteiger partial charge >= 0.3 is 0 Å². The zero-order valence-electron chi connectivity index (χ0n) is 10.6. The van der Waals surface area contributed by atoms with Crippen LogP contribution in [0.4, 0.5) is 5.69 Å². The summed E-state index contributed by atoms with van der Waals surface area (Å²) in [6.45, 7) is 2.56. The second-order valence-corrected chi connectivity index (χ2v) is 4.53. The Hall–Kier alpha value is -2.03. The molecule has 0 aliphatic heterocycles. The molecule has 0 radical (unpaired) electrons. The Morgan fingerprint density at radius 1 is 1.22 bits per heavy atom. The molecule has 0 aliphatic rings. The van der Waals surface area contributed by atoms with E-state index in [4.69, 9.17) is 5.73 Å². The molecule has 0 bridgehead atoms. The number of aromatic nitrogens is 1. The highest BCUT2D eigenvalue weighted by Gasteiger charge is 2.00. The molecular weight excluding hydrogens is 224 g/mol. The van der Waals surface area contributed by atoms with Gasteiger partial charge in [-0.15, -0.1) is 0 Å². The van der Waals surface area contributed by atoms with Crippen molar-refractivity contribution >= 4 is 5.69 Å². The Balaban J connectivity index is 1.99. The van der Waals surface area contributed by atoms with E-state index in [0.717, 1.165) is 18.4 Å². The number of hydrogen-bond donors (Lipinski definition) is 1. The van der Waals surface area contributed by atoms with Crippen LogP contribution < -0.4 is 11.3 Å². The lowest BCUT2D eigenvalue weighted by atomic mass is 10.1. The van der Waals surface area contributed by atoms with E-state index in [1.165, 1.54) is 5.56 Å². The van der Waals surface area contributed by atoms with Gasteiger partial charge in [0.15, 0.2) is 0 Å². The topological polar surface area (TPSA) is 48.0 Å². The number of pyridine rings is 1. The molecule has 94 valence electrons. The van der Waals surface area contributed by atoms with Gasteiger partial charge < -0.3 is 10.3 Å². The van der Waals surface area contributed by atoms with Gasteiger partial charge in [0.25, 0.3) is 5.56 Å².